The van der Waals surface area contributed by atoms with Gasteiger partial charge in [0, 0.05) is 6.42 Å². The molecule has 0 bridgehead atoms. The molecule has 1 rings (SSSR count). The Balaban J connectivity index is 2.54. The molecule has 0 aromatic heterocycles. The number of nitrogens with zero attached hydrogens (tertiary/aromatic N) is 1. The molecule has 0 aromatic carbocycles. The summed E-state index contributed by atoms with van der Waals surface area (Å²) in [6.45, 7) is -0.295. The predicted molar refractivity (Wildman–Crippen MR) is 36.7 cm³/mol. The summed E-state index contributed by atoms with van der Waals surface area (Å²) in [6, 6.07) is -0.311. The zero-order valence-electron chi connectivity index (χ0n) is 6.39. The molecule has 0 spiro atoms. The Labute approximate surface area is 64.2 Å². The maximum absolute atomic E-state index is 12.6. The minimum absolute atomic E-state index is 0.166. The van der Waals surface area contributed by atoms with Crippen LogP contribution in [0.2, 0.25) is 0 Å². The second-order valence-electron chi connectivity index (χ2n) is 3.01. The first-order valence-electron chi connectivity index (χ1n) is 3.58. The van der Waals surface area contributed by atoms with E-state index in [4.69, 9.17) is 0 Å². The highest BCUT2D eigenvalue weighted by atomic mass is 19.3. The van der Waals surface area contributed by atoms with Crippen molar-refractivity contribution in [2.45, 2.75) is 24.8 Å². The lowest BCUT2D eigenvalue weighted by Crippen LogP contribution is -2.47. The number of likely N-dealkylation sites (N-methyl/N-ethyl adjacent to an activating group) is 1. The number of piperidine rings is 1. The van der Waals surface area contributed by atoms with Crippen LogP contribution in [-0.4, -0.2) is 36.7 Å². The van der Waals surface area contributed by atoms with E-state index in [1.807, 2.05) is 0 Å². The van der Waals surface area contributed by atoms with Crippen molar-refractivity contribution in [2.24, 2.45) is 0 Å². The molecule has 0 aromatic rings. The highest BCUT2D eigenvalue weighted by Gasteiger charge is 2.37. The van der Waals surface area contributed by atoms with Crippen LogP contribution in [0.4, 0.5) is 8.78 Å². The Hall–Kier alpha value is -0.510. The van der Waals surface area contributed by atoms with Crippen LogP contribution in [0.5, 0.6) is 0 Å². The monoisotopic (exact) mass is 163 g/mol. The highest BCUT2D eigenvalue weighted by molar-refractivity contribution is 5.57. The van der Waals surface area contributed by atoms with E-state index in [1.165, 1.54) is 4.90 Å². The summed E-state index contributed by atoms with van der Waals surface area (Å²) in [4.78, 5) is 11.7. The molecule has 1 aliphatic heterocycles. The second-order valence-corrected chi connectivity index (χ2v) is 3.01. The van der Waals surface area contributed by atoms with Gasteiger partial charge in [0.25, 0.3) is 5.92 Å². The third-order valence-corrected chi connectivity index (χ3v) is 2.01. The zero-order valence-corrected chi connectivity index (χ0v) is 6.39. The molecule has 4 heteroatoms. The summed E-state index contributed by atoms with van der Waals surface area (Å²) in [5, 5.41) is 0. The average Bonchev–Trinajstić information content (AvgIpc) is 1.86. The van der Waals surface area contributed by atoms with Gasteiger partial charge in [-0.2, -0.15) is 0 Å². The maximum Gasteiger partial charge on any atom is 0.260 e. The molecule has 0 saturated carbocycles. The average molecular weight is 163 g/mol. The number of carbonyl (C=O) groups is 1. The van der Waals surface area contributed by atoms with Crippen LogP contribution >= 0.6 is 0 Å². The van der Waals surface area contributed by atoms with Gasteiger partial charge in [-0.05, 0) is 13.5 Å². The van der Waals surface area contributed by atoms with E-state index in [1.54, 1.807) is 7.05 Å². The van der Waals surface area contributed by atoms with Gasteiger partial charge >= 0.3 is 0 Å². The van der Waals surface area contributed by atoms with E-state index in [-0.39, 0.29) is 25.4 Å². The quantitative estimate of drug-likeness (QED) is 0.535. The van der Waals surface area contributed by atoms with Crippen LogP contribution in [0.25, 0.3) is 0 Å². The van der Waals surface area contributed by atoms with Gasteiger partial charge in [-0.25, -0.2) is 8.78 Å². The summed E-state index contributed by atoms with van der Waals surface area (Å²) in [7, 11) is 1.55. The molecule has 0 amide bonds. The van der Waals surface area contributed by atoms with Crippen molar-refractivity contribution in [3.05, 3.63) is 0 Å². The number of likely N-dealkylation sites (tertiary alicyclic amines) is 1. The summed E-state index contributed by atoms with van der Waals surface area (Å²) < 4.78 is 25.2. The Kier molecular flexibility index (Phi) is 2.23. The van der Waals surface area contributed by atoms with E-state index in [9.17, 15) is 13.6 Å². The Bertz CT molecular complexity index is 161. The molecule has 64 valence electrons. The van der Waals surface area contributed by atoms with Crippen molar-refractivity contribution in [3.8, 4) is 0 Å². The number of aldehydes is 1. The molecule has 2 nitrogen and oxygen atoms in total. The molecule has 1 heterocycles. The van der Waals surface area contributed by atoms with Crippen molar-refractivity contribution in [2.75, 3.05) is 13.6 Å². The molecule has 1 unspecified atom stereocenters. The standard InChI is InChI=1S/C7H11F2NO/c1-10-5-7(8,9)3-2-6(10)4-11/h4,6H,2-3,5H2,1H3. The van der Waals surface area contributed by atoms with Gasteiger partial charge in [-0.15, -0.1) is 0 Å². The first-order chi connectivity index (χ1) is 5.05. The number of hydrogen-bond donors (Lipinski definition) is 0. The Morgan fingerprint density at radius 2 is 2.27 bits per heavy atom. The van der Waals surface area contributed by atoms with Gasteiger partial charge in [-0.1, -0.05) is 0 Å². The van der Waals surface area contributed by atoms with Crippen LogP contribution in [-0.2, 0) is 4.79 Å². The van der Waals surface area contributed by atoms with Crippen molar-refractivity contribution < 1.29 is 13.6 Å². The van der Waals surface area contributed by atoms with Gasteiger partial charge in [0.05, 0.1) is 12.6 Å². The minimum Gasteiger partial charge on any atom is -0.302 e. The van der Waals surface area contributed by atoms with E-state index in [2.05, 4.69) is 0 Å². The summed E-state index contributed by atoms with van der Waals surface area (Å²) >= 11 is 0. The van der Waals surface area contributed by atoms with Gasteiger partial charge in [0.15, 0.2) is 0 Å². The fourth-order valence-electron chi connectivity index (χ4n) is 1.31. The van der Waals surface area contributed by atoms with Crippen molar-refractivity contribution in [1.82, 2.24) is 4.90 Å². The molecule has 11 heavy (non-hydrogen) atoms. The van der Waals surface area contributed by atoms with Gasteiger partial charge in [-0.3, -0.25) is 4.90 Å². The van der Waals surface area contributed by atoms with Crippen molar-refractivity contribution in [1.29, 1.82) is 0 Å². The van der Waals surface area contributed by atoms with E-state index in [0.717, 1.165) is 6.29 Å². The molecule has 1 aliphatic rings. The molecule has 0 aliphatic carbocycles. The van der Waals surface area contributed by atoms with Gasteiger partial charge in [0.1, 0.15) is 6.29 Å². The van der Waals surface area contributed by atoms with Crippen molar-refractivity contribution >= 4 is 6.29 Å². The normalized spacial score (nSPS) is 31.7. The van der Waals surface area contributed by atoms with Crippen LogP contribution in [0.3, 0.4) is 0 Å². The lowest BCUT2D eigenvalue weighted by atomic mass is 10.0. The number of alkyl halides is 2. The Morgan fingerprint density at radius 1 is 1.64 bits per heavy atom. The predicted octanol–water partition coefficient (Wildman–Crippen LogP) is 0.915. The fraction of sp³-hybridized carbons (Fsp3) is 0.857. The molecule has 0 N–H and O–H groups in total. The van der Waals surface area contributed by atoms with Crippen LogP contribution in [0, 0.1) is 0 Å². The third-order valence-electron chi connectivity index (χ3n) is 2.01. The lowest BCUT2D eigenvalue weighted by molar-refractivity contribution is -0.120. The fourth-order valence-corrected chi connectivity index (χ4v) is 1.31. The van der Waals surface area contributed by atoms with Crippen LogP contribution in [0.15, 0.2) is 0 Å². The molecule has 1 saturated heterocycles. The van der Waals surface area contributed by atoms with E-state index in [0.29, 0.717) is 0 Å². The second kappa shape index (κ2) is 2.85. The SMILES string of the molecule is CN1CC(F)(F)CCC1C=O. The summed E-state index contributed by atoms with van der Waals surface area (Å²) in [5.74, 6) is -2.60. The largest absolute Gasteiger partial charge is 0.302 e. The summed E-state index contributed by atoms with van der Waals surface area (Å²) in [5.41, 5.74) is 0. The highest BCUT2D eigenvalue weighted by Crippen LogP contribution is 2.28. The van der Waals surface area contributed by atoms with E-state index < -0.39 is 5.92 Å². The van der Waals surface area contributed by atoms with Crippen LogP contribution in [0.1, 0.15) is 12.8 Å². The third kappa shape index (κ3) is 1.96. The van der Waals surface area contributed by atoms with Crippen LogP contribution < -0.4 is 0 Å². The molecule has 1 atom stereocenters. The molecular formula is C7H11F2NO. The topological polar surface area (TPSA) is 20.3 Å². The lowest BCUT2D eigenvalue weighted by Gasteiger charge is -2.33. The zero-order chi connectivity index (χ0) is 8.48. The first kappa shape index (κ1) is 8.59. The molecule has 0 radical (unpaired) electrons. The van der Waals surface area contributed by atoms with E-state index >= 15 is 0 Å². The number of hydrogen-bond acceptors (Lipinski definition) is 2. The molecule has 1 fully saturated rings. The van der Waals surface area contributed by atoms with Gasteiger partial charge < -0.3 is 4.79 Å². The number of rotatable bonds is 1. The number of halogens is 2. The molecular weight excluding hydrogens is 152 g/mol. The Morgan fingerprint density at radius 3 is 2.73 bits per heavy atom. The van der Waals surface area contributed by atoms with Gasteiger partial charge in [0.2, 0.25) is 0 Å². The maximum atomic E-state index is 12.6. The number of carbonyl (C=O) groups excluding carboxylic acids is 1. The smallest absolute Gasteiger partial charge is 0.260 e. The minimum atomic E-state index is -2.60. The van der Waals surface area contributed by atoms with Crippen molar-refractivity contribution in [3.63, 3.8) is 0 Å². The first-order valence-corrected chi connectivity index (χ1v) is 3.58. The summed E-state index contributed by atoms with van der Waals surface area (Å²) in [6.07, 6.45) is 0.836.